The van der Waals surface area contributed by atoms with E-state index in [1.165, 1.54) is 46.3 Å². The predicted octanol–water partition coefficient (Wildman–Crippen LogP) is 10.1. The lowest BCUT2D eigenvalue weighted by molar-refractivity contribution is 0.376. The van der Waals surface area contributed by atoms with Crippen LogP contribution in [0, 0.1) is 16.7 Å². The fraction of sp³-hybridized carbons (Fsp3) is 0.515. The molecule has 180 valence electrons. The van der Waals surface area contributed by atoms with Crippen LogP contribution in [0.25, 0.3) is 5.57 Å². The van der Waals surface area contributed by atoms with Gasteiger partial charge in [0.15, 0.2) is 0 Å². The summed E-state index contributed by atoms with van der Waals surface area (Å²) in [5, 5.41) is 0. The van der Waals surface area contributed by atoms with Gasteiger partial charge in [-0.3, -0.25) is 0 Å². The van der Waals surface area contributed by atoms with Gasteiger partial charge >= 0.3 is 0 Å². The van der Waals surface area contributed by atoms with E-state index in [0.717, 1.165) is 38.5 Å². The van der Waals surface area contributed by atoms with E-state index in [-0.39, 0.29) is 5.92 Å². The van der Waals surface area contributed by atoms with Gasteiger partial charge in [-0.25, -0.2) is 0 Å². The highest BCUT2D eigenvalue weighted by Crippen LogP contribution is 2.37. The second-order valence-electron chi connectivity index (χ2n) is 12.4. The van der Waals surface area contributed by atoms with Gasteiger partial charge in [0.05, 0.1) is 0 Å². The Kier molecular flexibility index (Phi) is 9.77. The summed E-state index contributed by atoms with van der Waals surface area (Å²) in [5.41, 5.74) is 8.87. The highest BCUT2D eigenvalue weighted by atomic mass is 14.3. The van der Waals surface area contributed by atoms with Gasteiger partial charge in [-0.1, -0.05) is 108 Å². The maximum absolute atomic E-state index is 4.66. The van der Waals surface area contributed by atoms with E-state index >= 15 is 0 Å². The number of allylic oxidation sites excluding steroid dienone is 7. The molecule has 1 aromatic rings. The molecule has 1 unspecified atom stereocenters. The molecular weight excluding hydrogens is 396 g/mol. The van der Waals surface area contributed by atoms with Crippen molar-refractivity contribution in [3.8, 4) is 0 Å². The van der Waals surface area contributed by atoms with Crippen molar-refractivity contribution in [3.63, 3.8) is 0 Å². The first kappa shape index (κ1) is 27.2. The molecule has 0 fully saturated rings. The van der Waals surface area contributed by atoms with Crippen molar-refractivity contribution in [2.75, 3.05) is 0 Å². The second-order valence-corrected chi connectivity index (χ2v) is 12.4. The third-order valence-electron chi connectivity index (χ3n) is 6.65. The summed E-state index contributed by atoms with van der Waals surface area (Å²) in [6.45, 7) is 27.1. The van der Waals surface area contributed by atoms with Crippen molar-refractivity contribution in [2.45, 2.75) is 92.9 Å². The molecule has 1 aliphatic carbocycles. The summed E-state index contributed by atoms with van der Waals surface area (Å²) in [6, 6.07) is 7.26. The zero-order valence-corrected chi connectivity index (χ0v) is 22.4. The molecule has 0 saturated heterocycles. The first-order chi connectivity index (χ1) is 15.4. The second kappa shape index (κ2) is 11.9. The van der Waals surface area contributed by atoms with Gasteiger partial charge in [-0.15, -0.1) is 6.58 Å². The van der Waals surface area contributed by atoms with Crippen molar-refractivity contribution in [1.82, 2.24) is 0 Å². The molecule has 33 heavy (non-hydrogen) atoms. The molecule has 0 aromatic heterocycles. The van der Waals surface area contributed by atoms with Crippen molar-refractivity contribution in [2.24, 2.45) is 16.7 Å². The molecule has 0 nitrogen and oxygen atoms in total. The summed E-state index contributed by atoms with van der Waals surface area (Å²) in [6.07, 6.45) is 17.3. The fourth-order valence-electron chi connectivity index (χ4n) is 4.36. The number of hydrogen-bond acceptors (Lipinski definition) is 0. The summed E-state index contributed by atoms with van der Waals surface area (Å²) >= 11 is 0. The van der Waals surface area contributed by atoms with Gasteiger partial charge in [0.2, 0.25) is 0 Å². The fourth-order valence-corrected chi connectivity index (χ4v) is 4.36. The van der Waals surface area contributed by atoms with E-state index in [1.54, 1.807) is 0 Å². The van der Waals surface area contributed by atoms with E-state index in [2.05, 4.69) is 97.7 Å². The van der Waals surface area contributed by atoms with E-state index in [9.17, 15) is 0 Å². The summed E-state index contributed by atoms with van der Waals surface area (Å²) in [5.74, 6) is 0.282. The molecule has 0 saturated carbocycles. The quantitative estimate of drug-likeness (QED) is 0.281. The van der Waals surface area contributed by atoms with E-state index in [4.69, 9.17) is 0 Å². The van der Waals surface area contributed by atoms with Gasteiger partial charge in [0, 0.05) is 5.92 Å². The Bertz CT molecular complexity index is 853. The van der Waals surface area contributed by atoms with Crippen molar-refractivity contribution < 1.29 is 0 Å². The maximum Gasteiger partial charge on any atom is 0.00830 e. The molecule has 0 heterocycles. The lowest BCUT2D eigenvalue weighted by Crippen LogP contribution is -2.10. The van der Waals surface area contributed by atoms with E-state index in [1.807, 2.05) is 6.08 Å². The standard InChI is InChI=1S/C33H48/c1-10-11-14-25(2)31(24-27-15-12-13-16-27)26(3)30-22-28(17-19-32(4,5)6)21-29(23-30)18-20-33(7,8)9/h10,12-13,15,21-23,31H,1-3,11,14,16-20,24H2,4-9H3. The Balaban J connectivity index is 2.36. The van der Waals surface area contributed by atoms with E-state index < -0.39 is 0 Å². The van der Waals surface area contributed by atoms with Gasteiger partial charge in [0.1, 0.15) is 0 Å². The van der Waals surface area contributed by atoms with Crippen molar-refractivity contribution in [1.29, 1.82) is 0 Å². The SMILES string of the molecule is C=CCCC(=C)C(CC1=CC=CC1)C(=C)c1cc(CCC(C)(C)C)cc(CCC(C)(C)C)c1. The van der Waals surface area contributed by atoms with E-state index in [0.29, 0.717) is 10.8 Å². The van der Waals surface area contributed by atoms with Gasteiger partial charge in [0.25, 0.3) is 0 Å². The monoisotopic (exact) mass is 444 g/mol. The van der Waals surface area contributed by atoms with Crippen LogP contribution in [0.5, 0.6) is 0 Å². The molecular formula is C33H48. The minimum Gasteiger partial charge on any atom is -0.103 e. The molecule has 0 aliphatic heterocycles. The van der Waals surface area contributed by atoms with Gasteiger partial charge in [-0.2, -0.15) is 0 Å². The molecule has 0 heteroatoms. The van der Waals surface area contributed by atoms with Crippen LogP contribution in [0.2, 0.25) is 0 Å². The average Bonchev–Trinajstić information content (AvgIpc) is 3.24. The zero-order valence-electron chi connectivity index (χ0n) is 22.4. The predicted molar refractivity (Wildman–Crippen MR) is 150 cm³/mol. The van der Waals surface area contributed by atoms with Crippen LogP contribution in [-0.4, -0.2) is 0 Å². The lowest BCUT2D eigenvalue weighted by atomic mass is 9.80. The smallest absolute Gasteiger partial charge is 0.00830 e. The van der Waals surface area contributed by atoms with Gasteiger partial charge in [-0.05, 0) is 84.5 Å². The molecule has 1 atom stereocenters. The molecule has 0 amide bonds. The molecule has 1 aromatic carbocycles. The summed E-state index contributed by atoms with van der Waals surface area (Å²) in [7, 11) is 0. The normalized spacial score (nSPS) is 14.8. The highest BCUT2D eigenvalue weighted by molar-refractivity contribution is 5.69. The molecule has 1 aliphatic rings. The Morgan fingerprint density at radius 2 is 1.52 bits per heavy atom. The Morgan fingerprint density at radius 1 is 0.939 bits per heavy atom. The Labute approximate surface area is 205 Å². The molecule has 0 N–H and O–H groups in total. The Morgan fingerprint density at radius 3 is 1.97 bits per heavy atom. The number of rotatable bonds is 12. The minimum absolute atomic E-state index is 0.282. The lowest BCUT2D eigenvalue weighted by Gasteiger charge is -2.25. The first-order valence-corrected chi connectivity index (χ1v) is 12.8. The third kappa shape index (κ3) is 9.75. The third-order valence-corrected chi connectivity index (χ3v) is 6.65. The summed E-state index contributed by atoms with van der Waals surface area (Å²) in [4.78, 5) is 0. The van der Waals surface area contributed by atoms with Crippen molar-refractivity contribution in [3.05, 3.63) is 90.1 Å². The van der Waals surface area contributed by atoms with Crippen LogP contribution in [-0.2, 0) is 12.8 Å². The van der Waals surface area contributed by atoms with Crippen LogP contribution in [0.15, 0.2) is 73.4 Å². The number of aryl methyl sites for hydroxylation is 2. The van der Waals surface area contributed by atoms with Gasteiger partial charge < -0.3 is 0 Å². The number of benzene rings is 1. The highest BCUT2D eigenvalue weighted by Gasteiger charge is 2.21. The zero-order chi connectivity index (χ0) is 24.6. The van der Waals surface area contributed by atoms with Crippen molar-refractivity contribution >= 4 is 5.57 Å². The molecule has 0 radical (unpaired) electrons. The van der Waals surface area contributed by atoms with Crippen LogP contribution < -0.4 is 0 Å². The Hall–Kier alpha value is -2.08. The molecule has 0 spiro atoms. The minimum atomic E-state index is 0.282. The summed E-state index contributed by atoms with van der Waals surface area (Å²) < 4.78 is 0. The van der Waals surface area contributed by atoms with Crippen LogP contribution in [0.3, 0.4) is 0 Å². The van der Waals surface area contributed by atoms with Crippen LogP contribution in [0.4, 0.5) is 0 Å². The average molecular weight is 445 g/mol. The number of hydrogen-bond donors (Lipinski definition) is 0. The van der Waals surface area contributed by atoms with Crippen LogP contribution in [0.1, 0.15) is 96.8 Å². The largest absolute Gasteiger partial charge is 0.103 e. The first-order valence-electron chi connectivity index (χ1n) is 12.8. The molecule has 0 bridgehead atoms. The maximum atomic E-state index is 4.66. The van der Waals surface area contributed by atoms with Crippen LogP contribution >= 0.6 is 0 Å². The molecule has 2 rings (SSSR count). The topological polar surface area (TPSA) is 0 Å².